The summed E-state index contributed by atoms with van der Waals surface area (Å²) in [6, 6.07) is 26.4. The van der Waals surface area contributed by atoms with Gasteiger partial charge >= 0.3 is 0 Å². The standard InChI is InChI=1S/C24H23N3O2.C14H17NOS.C10H8N2O.C7H8O2.C3H2N2/c1-5-27(6-2)20-7-8-23-16(3)9-21(29-24(23)12-20)13-22-11-18(10-17(4)28-22)19(14-25)15-26;1-4-15(5-2)11-6-7-12-10(3)8-14(17)16-13(12)9-11;1-7-4-9(5-8(2)13-7)10(6-11)12-3;1-5-3-7(8)4-6(2)9-5;4-2-1-3-5/h7-13H,5-6H2,1-4H3;6-9H,4-5H2,1-3H3;4-5H,1-2H3;3-4H,1-2H3;1H2/b21-13+;;;;. The van der Waals surface area contributed by atoms with Gasteiger partial charge in [0.2, 0.25) is 0 Å². The molecule has 0 saturated heterocycles. The van der Waals surface area contributed by atoms with Gasteiger partial charge in [-0.2, -0.15) is 21.0 Å². The zero-order valence-electron chi connectivity index (χ0n) is 43.1. The number of allylic oxidation sites excluding steroid dienone is 14. The van der Waals surface area contributed by atoms with Crippen LogP contribution in [-0.4, -0.2) is 26.2 Å². The molecule has 3 aliphatic rings. The Hall–Kier alpha value is -9.12. The van der Waals surface area contributed by atoms with E-state index in [9.17, 15) is 4.79 Å². The van der Waals surface area contributed by atoms with Crippen molar-refractivity contribution in [2.24, 2.45) is 0 Å². The van der Waals surface area contributed by atoms with E-state index in [4.69, 9.17) is 68.1 Å². The van der Waals surface area contributed by atoms with E-state index in [1.165, 1.54) is 23.4 Å². The largest absolute Gasteiger partial charge is 0.467 e. The molecule has 0 radical (unpaired) electrons. The van der Waals surface area contributed by atoms with Crippen LogP contribution >= 0.6 is 12.2 Å². The molecule has 0 bridgehead atoms. The van der Waals surface area contributed by atoms with Crippen LogP contribution in [0.1, 0.15) is 84.5 Å². The molecule has 0 saturated carbocycles. The van der Waals surface area contributed by atoms with Crippen molar-refractivity contribution >= 4 is 40.1 Å². The predicted octanol–water partition coefficient (Wildman–Crippen LogP) is 13.9. The van der Waals surface area contributed by atoms with E-state index in [1.54, 1.807) is 77.1 Å². The summed E-state index contributed by atoms with van der Waals surface area (Å²) in [4.78, 5) is 18.3. The minimum Gasteiger partial charge on any atom is -0.467 e. The predicted molar refractivity (Wildman–Crippen MR) is 287 cm³/mol. The van der Waals surface area contributed by atoms with Gasteiger partial charge in [-0.25, -0.2) is 10.1 Å². The normalized spacial score (nSPS) is 13.1. The Morgan fingerprint density at radius 2 is 1.21 bits per heavy atom. The molecule has 7 rings (SSSR count). The first-order valence-electron chi connectivity index (χ1n) is 23.2. The van der Waals surface area contributed by atoms with Gasteiger partial charge in [0.1, 0.15) is 64.3 Å². The van der Waals surface area contributed by atoms with Crippen molar-refractivity contribution in [2.75, 3.05) is 36.0 Å². The first kappa shape index (κ1) is 58.2. The fourth-order valence-electron chi connectivity index (χ4n) is 7.37. The zero-order valence-corrected chi connectivity index (χ0v) is 43.9. The number of rotatable bonds is 7. The van der Waals surface area contributed by atoms with Gasteiger partial charge in [0, 0.05) is 84.4 Å². The molecular formula is C58H58N8O6S. The maximum absolute atomic E-state index is 10.7. The number of anilines is 2. The second-order valence-corrected chi connectivity index (χ2v) is 16.4. The summed E-state index contributed by atoms with van der Waals surface area (Å²) in [5.74, 6) is 5.30. The third-order valence-electron chi connectivity index (χ3n) is 10.6. The van der Waals surface area contributed by atoms with E-state index in [-0.39, 0.29) is 23.1 Å². The number of nitriles is 5. The molecule has 2 aromatic carbocycles. The van der Waals surface area contributed by atoms with Gasteiger partial charge in [0.25, 0.3) is 5.70 Å². The molecule has 15 heteroatoms. The molecule has 3 aliphatic heterocycles. The van der Waals surface area contributed by atoms with Crippen LogP contribution in [0.25, 0.3) is 21.4 Å². The minimum atomic E-state index is 0. The SMILES string of the molecule is CCN(CC)c1ccc2c(C)cc(=S)oc2c1.CCN(CC)c1ccc2c(c1)O/C(=C/C1=CC(=C(C#N)C#N)C=C(C)O1)C=C2C.Cc1cc(=O)cc(C)o1.N#CCC#N.[C-]#[N+]C(C#N)=C1C=C(C)OC(C)=C1. The summed E-state index contributed by atoms with van der Waals surface area (Å²) in [6.07, 6.45) is 10.5. The molecule has 0 fully saturated rings. The van der Waals surface area contributed by atoms with Gasteiger partial charge in [-0.3, -0.25) is 4.79 Å². The van der Waals surface area contributed by atoms with Crippen LogP contribution in [0.4, 0.5) is 11.4 Å². The van der Waals surface area contributed by atoms with Crippen LogP contribution in [0.3, 0.4) is 0 Å². The lowest BCUT2D eigenvalue weighted by molar-refractivity contribution is 0.304. The summed E-state index contributed by atoms with van der Waals surface area (Å²) in [7, 11) is 0. The maximum Gasteiger partial charge on any atom is 0.269 e. The number of nitrogens with zero attached hydrogens (tertiary/aromatic N) is 8. The topological polar surface area (TPSA) is 201 Å². The molecule has 2 aromatic heterocycles. The third kappa shape index (κ3) is 17.7. The van der Waals surface area contributed by atoms with Crippen LogP contribution in [0.5, 0.6) is 5.75 Å². The Morgan fingerprint density at radius 1 is 0.658 bits per heavy atom. The molecule has 0 amide bonds. The van der Waals surface area contributed by atoms with Crippen molar-refractivity contribution in [1.82, 2.24) is 0 Å². The number of hydrogen-bond donors (Lipinski definition) is 0. The van der Waals surface area contributed by atoms with E-state index < -0.39 is 0 Å². The first-order chi connectivity index (χ1) is 34.9. The van der Waals surface area contributed by atoms with Gasteiger partial charge in [-0.05, 0) is 166 Å². The summed E-state index contributed by atoms with van der Waals surface area (Å²) in [5.41, 5.74) is 7.82. The second kappa shape index (κ2) is 29.2. The lowest BCUT2D eigenvalue weighted by Crippen LogP contribution is -2.21. The Morgan fingerprint density at radius 3 is 1.71 bits per heavy atom. The van der Waals surface area contributed by atoms with Crippen molar-refractivity contribution in [3.63, 3.8) is 0 Å². The van der Waals surface area contributed by atoms with E-state index >= 15 is 0 Å². The molecule has 0 aliphatic carbocycles. The highest BCUT2D eigenvalue weighted by Gasteiger charge is 2.18. The van der Waals surface area contributed by atoms with Crippen LogP contribution in [-0.2, 0) is 9.47 Å². The molecule has 0 spiro atoms. The van der Waals surface area contributed by atoms with Crippen molar-refractivity contribution in [3.05, 3.63) is 191 Å². The molecular weight excluding hydrogens is 937 g/mol. The molecule has 0 unspecified atom stereocenters. The molecule has 0 N–H and O–H groups in total. The summed E-state index contributed by atoms with van der Waals surface area (Å²) in [6.45, 7) is 32.2. The molecule has 0 atom stereocenters. The van der Waals surface area contributed by atoms with Crippen molar-refractivity contribution in [3.8, 4) is 36.1 Å². The molecule has 5 heterocycles. The van der Waals surface area contributed by atoms with Gasteiger partial charge < -0.3 is 32.8 Å². The van der Waals surface area contributed by atoms with Crippen molar-refractivity contribution < 1.29 is 23.0 Å². The number of benzene rings is 2. The zero-order chi connectivity index (χ0) is 54.2. The highest BCUT2D eigenvalue weighted by molar-refractivity contribution is 7.71. The minimum absolute atomic E-state index is 0. The van der Waals surface area contributed by atoms with E-state index in [0.29, 0.717) is 56.2 Å². The van der Waals surface area contributed by atoms with Crippen LogP contribution in [0.2, 0.25) is 0 Å². The van der Waals surface area contributed by atoms with Crippen LogP contribution in [0.15, 0.2) is 156 Å². The van der Waals surface area contributed by atoms with Gasteiger partial charge in [-0.1, -0.05) is 0 Å². The monoisotopic (exact) mass is 994 g/mol. The number of fused-ring (bicyclic) bond motifs is 2. The lowest BCUT2D eigenvalue weighted by atomic mass is 10.0. The molecule has 4 aromatic rings. The molecule has 73 heavy (non-hydrogen) atoms. The number of hydrogen-bond acceptors (Lipinski definition) is 14. The van der Waals surface area contributed by atoms with Crippen LogP contribution < -0.4 is 20.0 Å². The number of ether oxygens (including phenoxy) is 3. The summed E-state index contributed by atoms with van der Waals surface area (Å²) >= 11 is 5.11. The average molecular weight is 995 g/mol. The van der Waals surface area contributed by atoms with E-state index in [2.05, 4.69) is 85.7 Å². The second-order valence-electron chi connectivity index (χ2n) is 16.0. The van der Waals surface area contributed by atoms with Crippen molar-refractivity contribution in [2.45, 2.75) is 82.6 Å². The maximum atomic E-state index is 10.7. The summed E-state index contributed by atoms with van der Waals surface area (Å²) < 4.78 is 28.3. The Bertz CT molecular complexity index is 3240. The van der Waals surface area contributed by atoms with E-state index in [0.717, 1.165) is 59.7 Å². The Balaban J connectivity index is 0.000000270. The third-order valence-corrected chi connectivity index (χ3v) is 10.8. The molecule has 14 nitrogen and oxygen atoms in total. The fourth-order valence-corrected chi connectivity index (χ4v) is 7.63. The summed E-state index contributed by atoms with van der Waals surface area (Å²) in [5, 5.41) is 43.2. The van der Waals surface area contributed by atoms with Gasteiger partial charge in [0.15, 0.2) is 10.1 Å². The molecule has 372 valence electrons. The smallest absolute Gasteiger partial charge is 0.269 e. The highest BCUT2D eigenvalue weighted by atomic mass is 32.1. The van der Waals surface area contributed by atoms with Gasteiger partial charge in [-0.15, -0.1) is 0 Å². The van der Waals surface area contributed by atoms with Crippen LogP contribution in [0, 0.1) is 88.7 Å². The van der Waals surface area contributed by atoms with E-state index in [1.807, 2.05) is 37.3 Å². The fraction of sp³-hybridized carbons (Fsp3) is 0.276. The lowest BCUT2D eigenvalue weighted by Gasteiger charge is -2.25. The average Bonchev–Trinajstić information content (AvgIpc) is 3.33. The first-order valence-corrected chi connectivity index (χ1v) is 23.6. The highest BCUT2D eigenvalue weighted by Crippen LogP contribution is 2.37. The quantitative estimate of drug-likeness (QED) is 0.0961. The number of aryl methyl sites for hydroxylation is 3. The Kier molecular flexibility index (Phi) is 23.2. The van der Waals surface area contributed by atoms with Gasteiger partial charge in [0.05, 0.1) is 36.3 Å². The van der Waals surface area contributed by atoms with Crippen molar-refractivity contribution in [1.29, 1.82) is 26.3 Å². The Labute approximate surface area is 433 Å².